The van der Waals surface area contributed by atoms with Crippen LogP contribution in [0.3, 0.4) is 0 Å². The standard InChI is InChI=1S/C13H24N2O3/c1-3-5-10(8-14)13(17)15(11-6-7-11)9-12(16)18-4-2/h10-11H,3-9,14H2,1-2H3. The molecule has 2 N–H and O–H groups in total. The molecule has 1 rings (SSSR count). The third-order valence-electron chi connectivity index (χ3n) is 3.15. The summed E-state index contributed by atoms with van der Waals surface area (Å²) < 4.78 is 4.91. The van der Waals surface area contributed by atoms with Crippen LogP contribution in [0.5, 0.6) is 0 Å². The van der Waals surface area contributed by atoms with Gasteiger partial charge < -0.3 is 15.4 Å². The van der Waals surface area contributed by atoms with E-state index in [-0.39, 0.29) is 30.4 Å². The van der Waals surface area contributed by atoms with Crippen LogP contribution in [0.4, 0.5) is 0 Å². The highest BCUT2D eigenvalue weighted by Gasteiger charge is 2.36. The Bertz CT molecular complexity index is 290. The molecule has 0 heterocycles. The van der Waals surface area contributed by atoms with Crippen molar-refractivity contribution in [2.75, 3.05) is 19.7 Å². The molecule has 1 atom stereocenters. The fourth-order valence-corrected chi connectivity index (χ4v) is 2.04. The van der Waals surface area contributed by atoms with E-state index in [0.29, 0.717) is 13.2 Å². The van der Waals surface area contributed by atoms with Crippen molar-refractivity contribution in [3.05, 3.63) is 0 Å². The first-order valence-corrected chi connectivity index (χ1v) is 6.80. The van der Waals surface area contributed by atoms with E-state index in [4.69, 9.17) is 10.5 Å². The van der Waals surface area contributed by atoms with Gasteiger partial charge in [0.15, 0.2) is 0 Å². The topological polar surface area (TPSA) is 72.6 Å². The molecule has 0 bridgehead atoms. The minimum Gasteiger partial charge on any atom is -0.465 e. The smallest absolute Gasteiger partial charge is 0.325 e. The number of amides is 1. The van der Waals surface area contributed by atoms with Crippen LogP contribution in [-0.2, 0) is 14.3 Å². The Hall–Kier alpha value is -1.10. The summed E-state index contributed by atoms with van der Waals surface area (Å²) in [5.74, 6) is -0.482. The highest BCUT2D eigenvalue weighted by molar-refractivity contribution is 5.84. The van der Waals surface area contributed by atoms with E-state index < -0.39 is 0 Å². The maximum atomic E-state index is 12.3. The van der Waals surface area contributed by atoms with Gasteiger partial charge in [-0.1, -0.05) is 13.3 Å². The monoisotopic (exact) mass is 256 g/mol. The summed E-state index contributed by atoms with van der Waals surface area (Å²) in [5.41, 5.74) is 5.64. The summed E-state index contributed by atoms with van der Waals surface area (Å²) in [4.78, 5) is 25.5. The van der Waals surface area contributed by atoms with E-state index in [1.165, 1.54) is 0 Å². The molecule has 5 heteroatoms. The zero-order valence-corrected chi connectivity index (χ0v) is 11.4. The largest absolute Gasteiger partial charge is 0.465 e. The van der Waals surface area contributed by atoms with Crippen LogP contribution in [0.2, 0.25) is 0 Å². The Morgan fingerprint density at radius 1 is 1.39 bits per heavy atom. The number of hydrogen-bond acceptors (Lipinski definition) is 4. The van der Waals surface area contributed by atoms with Gasteiger partial charge in [0.2, 0.25) is 5.91 Å². The zero-order valence-electron chi connectivity index (χ0n) is 11.4. The summed E-state index contributed by atoms with van der Waals surface area (Å²) in [6.07, 6.45) is 3.66. The average molecular weight is 256 g/mol. The molecule has 0 aromatic carbocycles. The molecule has 1 amide bonds. The number of nitrogens with two attached hydrogens (primary N) is 1. The highest BCUT2D eigenvalue weighted by atomic mass is 16.5. The van der Waals surface area contributed by atoms with E-state index in [9.17, 15) is 9.59 Å². The summed E-state index contributed by atoms with van der Waals surface area (Å²) in [7, 11) is 0. The van der Waals surface area contributed by atoms with Crippen molar-refractivity contribution in [2.24, 2.45) is 11.7 Å². The van der Waals surface area contributed by atoms with Gasteiger partial charge in [-0.25, -0.2) is 0 Å². The van der Waals surface area contributed by atoms with E-state index >= 15 is 0 Å². The fourth-order valence-electron chi connectivity index (χ4n) is 2.04. The van der Waals surface area contributed by atoms with Crippen LogP contribution in [-0.4, -0.2) is 42.5 Å². The lowest BCUT2D eigenvalue weighted by atomic mass is 10.0. The van der Waals surface area contributed by atoms with Gasteiger partial charge in [-0.15, -0.1) is 0 Å². The molecule has 1 saturated carbocycles. The van der Waals surface area contributed by atoms with Crippen molar-refractivity contribution >= 4 is 11.9 Å². The minimum atomic E-state index is -0.329. The van der Waals surface area contributed by atoms with Crippen LogP contribution in [0, 0.1) is 5.92 Å². The second kappa shape index (κ2) is 7.36. The molecule has 0 aromatic heterocycles. The van der Waals surface area contributed by atoms with Crippen molar-refractivity contribution in [1.29, 1.82) is 0 Å². The van der Waals surface area contributed by atoms with Gasteiger partial charge in [-0.2, -0.15) is 0 Å². The van der Waals surface area contributed by atoms with Crippen molar-refractivity contribution in [3.63, 3.8) is 0 Å². The number of hydrogen-bond donors (Lipinski definition) is 1. The van der Waals surface area contributed by atoms with Gasteiger partial charge in [0, 0.05) is 12.6 Å². The fraction of sp³-hybridized carbons (Fsp3) is 0.846. The molecule has 1 unspecified atom stereocenters. The molecule has 0 aromatic rings. The zero-order chi connectivity index (χ0) is 13.5. The quantitative estimate of drug-likeness (QED) is 0.655. The maximum absolute atomic E-state index is 12.3. The second-order valence-electron chi connectivity index (χ2n) is 4.72. The van der Waals surface area contributed by atoms with Crippen molar-refractivity contribution in [2.45, 2.75) is 45.6 Å². The number of ether oxygens (including phenoxy) is 1. The Kier molecular flexibility index (Phi) is 6.12. The third-order valence-corrected chi connectivity index (χ3v) is 3.15. The molecule has 1 fully saturated rings. The summed E-state index contributed by atoms with van der Waals surface area (Å²) in [5, 5.41) is 0. The van der Waals surface area contributed by atoms with Crippen molar-refractivity contribution < 1.29 is 14.3 Å². The van der Waals surface area contributed by atoms with Gasteiger partial charge in [0.1, 0.15) is 6.54 Å². The normalized spacial score (nSPS) is 16.2. The van der Waals surface area contributed by atoms with Crippen LogP contribution >= 0.6 is 0 Å². The van der Waals surface area contributed by atoms with Gasteiger partial charge in [-0.05, 0) is 26.2 Å². The van der Waals surface area contributed by atoms with Gasteiger partial charge in [0.25, 0.3) is 0 Å². The average Bonchev–Trinajstić information content (AvgIpc) is 3.16. The maximum Gasteiger partial charge on any atom is 0.325 e. The van der Waals surface area contributed by atoms with Crippen LogP contribution in [0.1, 0.15) is 39.5 Å². The molecule has 104 valence electrons. The molecule has 1 aliphatic rings. The Morgan fingerprint density at radius 3 is 2.50 bits per heavy atom. The summed E-state index contributed by atoms with van der Waals surface area (Å²) >= 11 is 0. The molecule has 18 heavy (non-hydrogen) atoms. The Labute approximate surface area is 109 Å². The van der Waals surface area contributed by atoms with E-state index in [1.54, 1.807) is 11.8 Å². The lowest BCUT2D eigenvalue weighted by Gasteiger charge is -2.25. The predicted octanol–water partition coefficient (Wildman–Crippen LogP) is 0.915. The molecule has 0 saturated heterocycles. The molecule has 0 aliphatic heterocycles. The number of nitrogens with zero attached hydrogens (tertiary/aromatic N) is 1. The number of carbonyl (C=O) groups is 2. The second-order valence-corrected chi connectivity index (χ2v) is 4.72. The molecular formula is C13H24N2O3. The first-order chi connectivity index (χ1) is 8.63. The van der Waals surface area contributed by atoms with Crippen molar-refractivity contribution in [1.82, 2.24) is 4.90 Å². The van der Waals surface area contributed by atoms with E-state index in [1.807, 2.05) is 6.92 Å². The van der Waals surface area contributed by atoms with Gasteiger partial charge in [-0.3, -0.25) is 9.59 Å². The Balaban J connectivity index is 2.59. The molecule has 5 nitrogen and oxygen atoms in total. The first-order valence-electron chi connectivity index (χ1n) is 6.80. The molecular weight excluding hydrogens is 232 g/mol. The minimum absolute atomic E-state index is 0.00917. The third kappa shape index (κ3) is 4.29. The molecule has 0 spiro atoms. The van der Waals surface area contributed by atoms with Crippen LogP contribution in [0.15, 0.2) is 0 Å². The predicted molar refractivity (Wildman–Crippen MR) is 68.8 cm³/mol. The van der Waals surface area contributed by atoms with Gasteiger partial charge >= 0.3 is 5.97 Å². The number of esters is 1. The highest BCUT2D eigenvalue weighted by Crippen LogP contribution is 2.28. The Morgan fingerprint density at radius 2 is 2.06 bits per heavy atom. The lowest BCUT2D eigenvalue weighted by Crippen LogP contribution is -2.43. The van der Waals surface area contributed by atoms with E-state index in [0.717, 1.165) is 25.7 Å². The SMILES string of the molecule is CCCC(CN)C(=O)N(CC(=O)OCC)C1CC1. The van der Waals surface area contributed by atoms with Crippen molar-refractivity contribution in [3.8, 4) is 0 Å². The number of carbonyl (C=O) groups excluding carboxylic acids is 2. The molecule has 1 aliphatic carbocycles. The number of rotatable bonds is 8. The van der Waals surface area contributed by atoms with E-state index in [2.05, 4.69) is 0 Å². The summed E-state index contributed by atoms with van der Waals surface area (Å²) in [6, 6.07) is 0.216. The lowest BCUT2D eigenvalue weighted by molar-refractivity contribution is -0.150. The molecule has 0 radical (unpaired) electrons. The summed E-state index contributed by atoms with van der Waals surface area (Å²) in [6.45, 7) is 4.56. The van der Waals surface area contributed by atoms with Crippen LogP contribution in [0.25, 0.3) is 0 Å². The van der Waals surface area contributed by atoms with Crippen LogP contribution < -0.4 is 5.73 Å². The first kappa shape index (κ1) is 15.0. The van der Waals surface area contributed by atoms with Gasteiger partial charge in [0.05, 0.1) is 12.5 Å².